The van der Waals surface area contributed by atoms with Crippen LogP contribution in [0.15, 0.2) is 17.5 Å². The Labute approximate surface area is 147 Å². The number of nitrogens with zero attached hydrogens (tertiary/aromatic N) is 2. The van der Waals surface area contributed by atoms with Gasteiger partial charge in [-0.2, -0.15) is 0 Å². The molecule has 1 aliphatic carbocycles. The van der Waals surface area contributed by atoms with Gasteiger partial charge in [-0.3, -0.25) is 19.4 Å². The minimum Gasteiger partial charge on any atom is -0.352 e. The van der Waals surface area contributed by atoms with Gasteiger partial charge in [0, 0.05) is 37.1 Å². The fourth-order valence-corrected chi connectivity index (χ4v) is 3.56. The van der Waals surface area contributed by atoms with Crippen molar-refractivity contribution in [2.24, 2.45) is 0 Å². The molecule has 1 aromatic rings. The fraction of sp³-hybridized carbons (Fsp3) is 0.647. The van der Waals surface area contributed by atoms with Crippen LogP contribution in [0.3, 0.4) is 0 Å². The molecule has 0 radical (unpaired) electrons. The number of nitrogens with one attached hydrogen (secondary N) is 2. The minimum absolute atomic E-state index is 0.0725. The van der Waals surface area contributed by atoms with Crippen LogP contribution in [0.1, 0.15) is 24.6 Å². The third kappa shape index (κ3) is 5.03. The SMILES string of the molecule is CC(C(=O)NCc1cccs1)N1CCN(CC(=O)NC2CC2)CC1. The monoisotopic (exact) mass is 350 g/mol. The molecule has 132 valence electrons. The molecule has 1 aromatic heterocycles. The first kappa shape index (κ1) is 17.4. The summed E-state index contributed by atoms with van der Waals surface area (Å²) in [6.07, 6.45) is 2.25. The van der Waals surface area contributed by atoms with Crippen LogP contribution in [0.2, 0.25) is 0 Å². The fourth-order valence-electron chi connectivity index (χ4n) is 2.91. The van der Waals surface area contributed by atoms with Crippen LogP contribution in [0.25, 0.3) is 0 Å². The van der Waals surface area contributed by atoms with Crippen LogP contribution in [0.4, 0.5) is 0 Å². The van der Waals surface area contributed by atoms with Crippen LogP contribution in [0.5, 0.6) is 0 Å². The van der Waals surface area contributed by atoms with Crippen LogP contribution in [-0.2, 0) is 16.1 Å². The van der Waals surface area contributed by atoms with E-state index in [0.29, 0.717) is 19.1 Å². The van der Waals surface area contributed by atoms with Crippen molar-refractivity contribution in [3.8, 4) is 0 Å². The molecule has 6 nitrogen and oxygen atoms in total. The van der Waals surface area contributed by atoms with Crippen molar-refractivity contribution in [1.29, 1.82) is 0 Å². The molecule has 2 aliphatic rings. The third-order valence-electron chi connectivity index (χ3n) is 4.66. The summed E-state index contributed by atoms with van der Waals surface area (Å²) in [6.45, 7) is 6.35. The predicted molar refractivity (Wildman–Crippen MR) is 94.8 cm³/mol. The second kappa shape index (κ2) is 8.09. The number of carbonyl (C=O) groups excluding carboxylic acids is 2. The number of amides is 2. The lowest BCUT2D eigenvalue weighted by molar-refractivity contribution is -0.128. The summed E-state index contributed by atoms with van der Waals surface area (Å²) in [7, 11) is 0. The molecule has 7 heteroatoms. The first-order valence-corrected chi connectivity index (χ1v) is 9.55. The Hall–Kier alpha value is -1.44. The van der Waals surface area contributed by atoms with Gasteiger partial charge >= 0.3 is 0 Å². The molecular formula is C17H26N4O2S. The summed E-state index contributed by atoms with van der Waals surface area (Å²) < 4.78 is 0. The highest BCUT2D eigenvalue weighted by Crippen LogP contribution is 2.18. The third-order valence-corrected chi connectivity index (χ3v) is 5.54. The van der Waals surface area contributed by atoms with Crippen molar-refractivity contribution in [3.05, 3.63) is 22.4 Å². The van der Waals surface area contributed by atoms with Crippen LogP contribution < -0.4 is 10.6 Å². The van der Waals surface area contributed by atoms with E-state index in [1.807, 2.05) is 24.4 Å². The quantitative estimate of drug-likeness (QED) is 0.758. The van der Waals surface area contributed by atoms with Gasteiger partial charge in [0.05, 0.1) is 19.1 Å². The molecule has 2 heterocycles. The first-order valence-electron chi connectivity index (χ1n) is 8.67. The summed E-state index contributed by atoms with van der Waals surface area (Å²) in [5.74, 6) is 0.205. The van der Waals surface area contributed by atoms with Crippen LogP contribution >= 0.6 is 11.3 Å². The number of carbonyl (C=O) groups is 2. The van der Waals surface area contributed by atoms with E-state index in [9.17, 15) is 9.59 Å². The lowest BCUT2D eigenvalue weighted by Crippen LogP contribution is -2.55. The van der Waals surface area contributed by atoms with E-state index in [2.05, 4.69) is 20.4 Å². The molecular weight excluding hydrogens is 324 g/mol. The molecule has 1 atom stereocenters. The molecule has 3 rings (SSSR count). The zero-order chi connectivity index (χ0) is 16.9. The zero-order valence-corrected chi connectivity index (χ0v) is 15.0. The second-order valence-electron chi connectivity index (χ2n) is 6.63. The summed E-state index contributed by atoms with van der Waals surface area (Å²) in [5, 5.41) is 8.05. The van der Waals surface area contributed by atoms with Gasteiger partial charge < -0.3 is 10.6 Å². The number of piperazine rings is 1. The van der Waals surface area contributed by atoms with Crippen molar-refractivity contribution >= 4 is 23.2 Å². The number of hydrogen-bond acceptors (Lipinski definition) is 5. The molecule has 24 heavy (non-hydrogen) atoms. The smallest absolute Gasteiger partial charge is 0.237 e. The van der Waals surface area contributed by atoms with Gasteiger partial charge in [0.25, 0.3) is 0 Å². The Kier molecular flexibility index (Phi) is 5.86. The highest BCUT2D eigenvalue weighted by molar-refractivity contribution is 7.09. The largest absolute Gasteiger partial charge is 0.352 e. The maximum atomic E-state index is 12.3. The van der Waals surface area contributed by atoms with Gasteiger partial charge in [-0.15, -0.1) is 11.3 Å². The number of thiophene rings is 1. The summed E-state index contributed by atoms with van der Waals surface area (Å²) in [6, 6.07) is 4.31. The topological polar surface area (TPSA) is 64.7 Å². The summed E-state index contributed by atoms with van der Waals surface area (Å²) in [4.78, 5) is 29.7. The maximum Gasteiger partial charge on any atom is 0.237 e. The number of hydrogen-bond donors (Lipinski definition) is 2. The summed E-state index contributed by atoms with van der Waals surface area (Å²) >= 11 is 1.65. The molecule has 1 saturated heterocycles. The average Bonchev–Trinajstić information content (AvgIpc) is 3.23. The molecule has 0 aromatic carbocycles. The van der Waals surface area contributed by atoms with E-state index in [-0.39, 0.29) is 17.9 Å². The molecule has 2 amide bonds. The number of rotatable bonds is 7. The van der Waals surface area contributed by atoms with E-state index >= 15 is 0 Å². The van der Waals surface area contributed by atoms with Gasteiger partial charge in [0.1, 0.15) is 0 Å². The Morgan fingerprint density at radius 3 is 2.67 bits per heavy atom. The van der Waals surface area contributed by atoms with Gasteiger partial charge in [-0.25, -0.2) is 0 Å². The molecule has 2 N–H and O–H groups in total. The van der Waals surface area contributed by atoms with Gasteiger partial charge in [0.15, 0.2) is 0 Å². The van der Waals surface area contributed by atoms with Crippen molar-refractivity contribution in [1.82, 2.24) is 20.4 Å². The average molecular weight is 350 g/mol. The van der Waals surface area contributed by atoms with E-state index in [1.165, 1.54) is 4.88 Å². The molecule has 1 saturated carbocycles. The Morgan fingerprint density at radius 2 is 2.04 bits per heavy atom. The molecule has 1 unspecified atom stereocenters. The lowest BCUT2D eigenvalue weighted by Gasteiger charge is -2.37. The Balaban J connectivity index is 1.36. The maximum absolute atomic E-state index is 12.3. The highest BCUT2D eigenvalue weighted by atomic mass is 32.1. The molecule has 0 spiro atoms. The second-order valence-corrected chi connectivity index (χ2v) is 7.66. The standard InChI is InChI=1S/C17H26N4O2S/c1-13(17(23)18-11-15-3-2-10-24-15)21-8-6-20(7-9-21)12-16(22)19-14-4-5-14/h2-3,10,13-14H,4-9,11-12H2,1H3,(H,18,23)(H,19,22). The Bertz CT molecular complexity index is 551. The zero-order valence-electron chi connectivity index (χ0n) is 14.2. The van der Waals surface area contributed by atoms with Gasteiger partial charge in [0.2, 0.25) is 11.8 Å². The normalized spacial score (nSPS) is 20.5. The molecule has 1 aliphatic heterocycles. The first-order chi connectivity index (χ1) is 11.6. The lowest BCUT2D eigenvalue weighted by atomic mass is 10.2. The van der Waals surface area contributed by atoms with E-state index in [1.54, 1.807) is 11.3 Å². The van der Waals surface area contributed by atoms with Gasteiger partial charge in [-0.1, -0.05) is 6.07 Å². The van der Waals surface area contributed by atoms with Crippen LogP contribution in [0, 0.1) is 0 Å². The predicted octanol–water partition coefficient (Wildman–Crippen LogP) is 0.649. The van der Waals surface area contributed by atoms with Gasteiger partial charge in [-0.05, 0) is 31.2 Å². The minimum atomic E-state index is -0.132. The van der Waals surface area contributed by atoms with E-state index in [4.69, 9.17) is 0 Å². The van der Waals surface area contributed by atoms with Crippen molar-refractivity contribution in [2.75, 3.05) is 32.7 Å². The van der Waals surface area contributed by atoms with E-state index in [0.717, 1.165) is 39.0 Å². The van der Waals surface area contributed by atoms with E-state index < -0.39 is 0 Å². The van der Waals surface area contributed by atoms with Crippen molar-refractivity contribution in [3.63, 3.8) is 0 Å². The summed E-state index contributed by atoms with van der Waals surface area (Å²) in [5.41, 5.74) is 0. The van der Waals surface area contributed by atoms with Crippen molar-refractivity contribution < 1.29 is 9.59 Å². The Morgan fingerprint density at radius 1 is 1.29 bits per heavy atom. The van der Waals surface area contributed by atoms with Crippen molar-refractivity contribution in [2.45, 2.75) is 38.4 Å². The molecule has 2 fully saturated rings. The highest BCUT2D eigenvalue weighted by Gasteiger charge is 2.28. The van der Waals surface area contributed by atoms with Crippen LogP contribution in [-0.4, -0.2) is 66.4 Å². The molecule has 0 bridgehead atoms.